The average molecular weight is 734 g/mol. The predicted octanol–water partition coefficient (Wildman–Crippen LogP) is 12.2. The van der Waals surface area contributed by atoms with Gasteiger partial charge in [-0.2, -0.15) is 0 Å². The Morgan fingerprint density at radius 2 is 1.04 bits per heavy atom. The summed E-state index contributed by atoms with van der Waals surface area (Å²) in [5, 5.41) is 3.14. The highest BCUT2D eigenvalue weighted by Gasteiger charge is 2.55. The number of urea groups is 1. The number of nitrogens with one attached hydrogen (secondary N) is 1. The zero-order valence-electron chi connectivity index (χ0n) is 34.2. The molecule has 1 saturated heterocycles. The van der Waals surface area contributed by atoms with Gasteiger partial charge in [0.15, 0.2) is 5.54 Å². The molecular formula is C46H75N3O4. The number of hydrogen-bond acceptors (Lipinski definition) is 5. The summed E-state index contributed by atoms with van der Waals surface area (Å²) >= 11 is 0. The number of methoxy groups -OCH3 is 2. The summed E-state index contributed by atoms with van der Waals surface area (Å²) < 4.78 is 11.2. The lowest BCUT2D eigenvalue weighted by atomic mass is 9.82. The molecule has 1 fully saturated rings. The van der Waals surface area contributed by atoms with Gasteiger partial charge in [0.25, 0.3) is 5.91 Å². The zero-order valence-corrected chi connectivity index (χ0v) is 34.2. The maximum Gasteiger partial charge on any atom is 0.326 e. The molecule has 53 heavy (non-hydrogen) atoms. The number of carbonyl (C=O) groups is 2. The highest BCUT2D eigenvalue weighted by Crippen LogP contribution is 2.42. The van der Waals surface area contributed by atoms with Gasteiger partial charge in [-0.1, -0.05) is 185 Å². The highest BCUT2D eigenvalue weighted by molar-refractivity contribution is 6.10. The van der Waals surface area contributed by atoms with E-state index in [1.807, 2.05) is 42.5 Å². The van der Waals surface area contributed by atoms with Crippen LogP contribution in [0.5, 0.6) is 11.5 Å². The van der Waals surface area contributed by atoms with Crippen molar-refractivity contribution in [1.82, 2.24) is 15.1 Å². The third-order valence-corrected chi connectivity index (χ3v) is 11.1. The molecule has 1 heterocycles. The van der Waals surface area contributed by atoms with Crippen LogP contribution >= 0.6 is 0 Å². The van der Waals surface area contributed by atoms with Crippen molar-refractivity contribution in [3.05, 3.63) is 59.7 Å². The van der Waals surface area contributed by atoms with Gasteiger partial charge in [-0.3, -0.25) is 9.69 Å². The van der Waals surface area contributed by atoms with Crippen molar-refractivity contribution >= 4 is 11.9 Å². The van der Waals surface area contributed by atoms with Gasteiger partial charge in [0.05, 0.1) is 20.9 Å². The van der Waals surface area contributed by atoms with Crippen molar-refractivity contribution < 1.29 is 19.1 Å². The number of unbranched alkanes of at least 4 members (excludes halogenated alkanes) is 22. The van der Waals surface area contributed by atoms with Crippen LogP contribution in [-0.4, -0.2) is 55.7 Å². The molecule has 3 amide bonds. The molecule has 0 radical (unpaired) electrons. The Balaban J connectivity index is 1.60. The fourth-order valence-corrected chi connectivity index (χ4v) is 7.84. The number of rotatable bonds is 32. The van der Waals surface area contributed by atoms with Gasteiger partial charge in [-0.05, 0) is 43.6 Å². The van der Waals surface area contributed by atoms with Crippen LogP contribution in [0.15, 0.2) is 48.5 Å². The molecule has 0 spiro atoms. The molecule has 0 aromatic heterocycles. The molecule has 1 aliphatic rings. The van der Waals surface area contributed by atoms with Gasteiger partial charge in [0.1, 0.15) is 11.5 Å². The first-order valence-corrected chi connectivity index (χ1v) is 21.7. The van der Waals surface area contributed by atoms with E-state index >= 15 is 0 Å². The van der Waals surface area contributed by atoms with Crippen molar-refractivity contribution in [2.24, 2.45) is 0 Å². The van der Waals surface area contributed by atoms with Crippen LogP contribution in [0.1, 0.15) is 179 Å². The van der Waals surface area contributed by atoms with Crippen LogP contribution < -0.4 is 14.8 Å². The lowest BCUT2D eigenvalue weighted by Crippen LogP contribution is -2.46. The Kier molecular flexibility index (Phi) is 22.3. The Bertz CT molecular complexity index is 1240. The molecule has 1 aliphatic heterocycles. The summed E-state index contributed by atoms with van der Waals surface area (Å²) in [5.74, 6) is 0.846. The average Bonchev–Trinajstić information content (AvgIpc) is 3.44. The van der Waals surface area contributed by atoms with Gasteiger partial charge in [0.2, 0.25) is 0 Å². The van der Waals surface area contributed by atoms with Crippen molar-refractivity contribution in [3.8, 4) is 11.5 Å². The standard InChI is InChI=1S/C46H75N3O4/c1-5-7-9-11-13-15-17-19-21-23-25-30-36-48(37-31-26-24-22-20-18-16-14-12-10-8-6-2)39-49-44(50)46(47-45(49)51,40-32-28-27-29-33-40)42-35-34-41(52-3)38-43(42)53-4/h27-29,32-35,38H,5-26,30-31,36-37,39H2,1-4H3,(H,47,51). The van der Waals surface area contributed by atoms with Crippen molar-refractivity contribution in [2.75, 3.05) is 34.0 Å². The number of hydrogen-bond donors (Lipinski definition) is 1. The fraction of sp³-hybridized carbons (Fsp3) is 0.696. The number of carbonyl (C=O) groups excluding carboxylic acids is 2. The van der Waals surface area contributed by atoms with Crippen LogP contribution in [0.2, 0.25) is 0 Å². The SMILES string of the molecule is CCCCCCCCCCCCCCN(CCCCCCCCCCCCCC)CN1C(=O)NC(c2ccccc2)(c2ccc(OC)cc2OC)C1=O. The summed E-state index contributed by atoms with van der Waals surface area (Å²) in [5.41, 5.74) is -0.0905. The molecule has 2 aromatic carbocycles. The van der Waals surface area contributed by atoms with E-state index in [4.69, 9.17) is 9.47 Å². The normalized spacial score (nSPS) is 15.8. The minimum atomic E-state index is -1.40. The summed E-state index contributed by atoms with van der Waals surface area (Å²) in [6, 6.07) is 14.6. The minimum absolute atomic E-state index is 0.272. The van der Waals surface area contributed by atoms with E-state index in [1.54, 1.807) is 20.3 Å². The third-order valence-electron chi connectivity index (χ3n) is 11.1. The Morgan fingerprint density at radius 1 is 0.585 bits per heavy atom. The Hall–Kier alpha value is -3.06. The first kappa shape index (κ1) is 44.3. The van der Waals surface area contributed by atoms with Gasteiger partial charge in [-0.25, -0.2) is 9.69 Å². The van der Waals surface area contributed by atoms with Gasteiger partial charge < -0.3 is 14.8 Å². The minimum Gasteiger partial charge on any atom is -0.497 e. The van der Waals surface area contributed by atoms with Crippen molar-refractivity contribution in [1.29, 1.82) is 0 Å². The summed E-state index contributed by atoms with van der Waals surface area (Å²) in [6.07, 6.45) is 31.4. The lowest BCUT2D eigenvalue weighted by Gasteiger charge is -2.31. The van der Waals surface area contributed by atoms with Crippen LogP contribution in [0.3, 0.4) is 0 Å². The number of benzene rings is 2. The maximum absolute atomic E-state index is 14.7. The topological polar surface area (TPSA) is 71.1 Å². The van der Waals surface area contributed by atoms with E-state index in [1.165, 1.54) is 146 Å². The van der Waals surface area contributed by atoms with E-state index in [9.17, 15) is 9.59 Å². The smallest absolute Gasteiger partial charge is 0.326 e. The molecule has 1 N–H and O–H groups in total. The zero-order chi connectivity index (χ0) is 38.0. The summed E-state index contributed by atoms with van der Waals surface area (Å²) in [4.78, 5) is 32.3. The van der Waals surface area contributed by atoms with Crippen LogP contribution in [0.4, 0.5) is 4.79 Å². The number of amides is 3. The molecule has 298 valence electrons. The van der Waals surface area contributed by atoms with Crippen molar-refractivity contribution in [3.63, 3.8) is 0 Å². The maximum atomic E-state index is 14.7. The summed E-state index contributed by atoms with van der Waals surface area (Å²) in [6.45, 7) is 6.61. The predicted molar refractivity (Wildman–Crippen MR) is 221 cm³/mol. The first-order chi connectivity index (χ1) is 26.0. The number of ether oxygens (including phenoxy) is 2. The number of imide groups is 1. The highest BCUT2D eigenvalue weighted by atomic mass is 16.5. The van der Waals surface area contributed by atoms with Crippen LogP contribution in [0.25, 0.3) is 0 Å². The van der Waals surface area contributed by atoms with Gasteiger partial charge in [-0.15, -0.1) is 0 Å². The lowest BCUT2D eigenvalue weighted by molar-refractivity contribution is -0.131. The molecule has 0 bridgehead atoms. The van der Waals surface area contributed by atoms with E-state index in [-0.39, 0.29) is 18.6 Å². The second-order valence-electron chi connectivity index (χ2n) is 15.4. The Labute approximate surface area is 324 Å². The largest absolute Gasteiger partial charge is 0.497 e. The van der Waals surface area contributed by atoms with E-state index in [0.717, 1.165) is 25.9 Å². The van der Waals surface area contributed by atoms with E-state index in [0.29, 0.717) is 22.6 Å². The molecular weight excluding hydrogens is 659 g/mol. The molecule has 0 saturated carbocycles. The Morgan fingerprint density at radius 3 is 1.47 bits per heavy atom. The molecule has 2 aromatic rings. The third kappa shape index (κ3) is 14.9. The molecule has 1 unspecified atom stereocenters. The second-order valence-corrected chi connectivity index (χ2v) is 15.4. The fourth-order valence-electron chi connectivity index (χ4n) is 7.84. The molecule has 1 atom stereocenters. The van der Waals surface area contributed by atoms with Crippen molar-refractivity contribution in [2.45, 2.75) is 173 Å². The molecule has 7 heteroatoms. The van der Waals surface area contributed by atoms with E-state index in [2.05, 4.69) is 24.1 Å². The quantitative estimate of drug-likeness (QED) is 0.0599. The molecule has 0 aliphatic carbocycles. The summed E-state index contributed by atoms with van der Waals surface area (Å²) in [7, 11) is 3.19. The van der Waals surface area contributed by atoms with Gasteiger partial charge in [0, 0.05) is 11.6 Å². The monoisotopic (exact) mass is 734 g/mol. The van der Waals surface area contributed by atoms with Crippen LogP contribution in [-0.2, 0) is 10.3 Å². The number of nitrogens with zero attached hydrogens (tertiary/aromatic N) is 2. The molecule has 3 rings (SSSR count). The van der Waals surface area contributed by atoms with E-state index < -0.39 is 5.54 Å². The second kappa shape index (κ2) is 26.7. The first-order valence-electron chi connectivity index (χ1n) is 21.7. The molecule has 7 nitrogen and oxygen atoms in total. The van der Waals surface area contributed by atoms with Gasteiger partial charge >= 0.3 is 6.03 Å². The van der Waals surface area contributed by atoms with Crippen LogP contribution in [0, 0.1) is 0 Å².